The molecule has 0 aromatic rings. The van der Waals surface area contributed by atoms with E-state index in [1.54, 1.807) is 0 Å². The second-order valence-corrected chi connectivity index (χ2v) is 5.37. The second-order valence-electron chi connectivity index (χ2n) is 5.37. The van der Waals surface area contributed by atoms with Gasteiger partial charge >= 0.3 is 0 Å². The van der Waals surface area contributed by atoms with E-state index >= 15 is 0 Å². The maximum atomic E-state index is 2.76. The van der Waals surface area contributed by atoms with E-state index < -0.39 is 0 Å². The van der Waals surface area contributed by atoms with Crippen LogP contribution in [0.25, 0.3) is 0 Å². The van der Waals surface area contributed by atoms with Crippen molar-refractivity contribution in [3.05, 3.63) is 0 Å². The normalized spacial score (nSPS) is 63.0. The van der Waals surface area contributed by atoms with Gasteiger partial charge in [0.2, 0.25) is 0 Å². The van der Waals surface area contributed by atoms with Crippen molar-refractivity contribution in [1.82, 2.24) is 4.90 Å². The molecule has 4 bridgehead atoms. The summed E-state index contributed by atoms with van der Waals surface area (Å²) in [6.45, 7) is 7.32. The predicted molar refractivity (Wildman–Crippen MR) is 45.5 cm³/mol. The third-order valence-corrected chi connectivity index (χ3v) is 4.64. The fourth-order valence-electron chi connectivity index (χ4n) is 3.90. The molecule has 4 rings (SSSR count). The first-order chi connectivity index (χ1) is 5.07. The van der Waals surface area contributed by atoms with Crippen LogP contribution in [0.3, 0.4) is 0 Å². The Kier molecular flexibility index (Phi) is 0.820. The molecule has 0 amide bonds. The highest BCUT2D eigenvalue weighted by Crippen LogP contribution is 2.65. The van der Waals surface area contributed by atoms with Crippen molar-refractivity contribution in [2.75, 3.05) is 0 Å². The quantitative estimate of drug-likeness (QED) is 0.479. The monoisotopic (exact) mass is 151 g/mol. The average Bonchev–Trinajstić information content (AvgIpc) is 2.43. The standard InChI is InChI=1S/C10H17N/c1-9(2)7-4-5-10(3)8(6-7)11(9)10/h7-8H,4-6H2,1-3H3/t7-,8+,10+,11?/m1/s1. The van der Waals surface area contributed by atoms with Gasteiger partial charge in [-0.05, 0) is 46.0 Å². The second kappa shape index (κ2) is 1.39. The molecule has 1 heteroatoms. The summed E-state index contributed by atoms with van der Waals surface area (Å²) in [5.74, 6) is 1.01. The summed E-state index contributed by atoms with van der Waals surface area (Å²) in [6.07, 6.45) is 4.44. The SMILES string of the molecule is CC1(C)[C@@H]2CC[C@@]3(C)[C@H](C2)N13. The molecule has 62 valence electrons. The largest absolute Gasteiger partial charge is 0.286 e. The zero-order valence-electron chi connectivity index (χ0n) is 7.72. The Morgan fingerprint density at radius 2 is 2.00 bits per heavy atom. The lowest BCUT2D eigenvalue weighted by atomic mass is 9.73. The lowest BCUT2D eigenvalue weighted by Crippen LogP contribution is -2.45. The first-order valence-electron chi connectivity index (χ1n) is 4.86. The lowest BCUT2D eigenvalue weighted by molar-refractivity contribution is 0.112. The van der Waals surface area contributed by atoms with Crippen LogP contribution in [-0.2, 0) is 0 Å². The van der Waals surface area contributed by atoms with Crippen LogP contribution in [0.2, 0.25) is 0 Å². The smallest absolute Gasteiger partial charge is 0.0346 e. The topological polar surface area (TPSA) is 3.01 Å². The summed E-state index contributed by atoms with van der Waals surface area (Å²) < 4.78 is 0. The van der Waals surface area contributed by atoms with E-state index in [-0.39, 0.29) is 0 Å². The predicted octanol–water partition coefficient (Wildman–Crippen LogP) is 2.02. The number of hydrogen-bond acceptors (Lipinski definition) is 1. The van der Waals surface area contributed by atoms with Crippen molar-refractivity contribution in [1.29, 1.82) is 0 Å². The maximum absolute atomic E-state index is 2.76. The van der Waals surface area contributed by atoms with Crippen LogP contribution in [-0.4, -0.2) is 22.0 Å². The minimum atomic E-state index is 0.539. The first-order valence-corrected chi connectivity index (χ1v) is 4.86. The van der Waals surface area contributed by atoms with Crippen LogP contribution < -0.4 is 0 Å². The number of nitrogens with zero attached hydrogens (tertiary/aromatic N) is 1. The van der Waals surface area contributed by atoms with Crippen LogP contribution >= 0.6 is 0 Å². The number of fused-ring (bicyclic) bond motifs is 1. The van der Waals surface area contributed by atoms with Gasteiger partial charge in [-0.15, -0.1) is 0 Å². The molecule has 1 unspecified atom stereocenters. The summed E-state index contributed by atoms with van der Waals surface area (Å²) in [7, 11) is 0. The zero-order chi connectivity index (χ0) is 7.85. The number of rotatable bonds is 0. The van der Waals surface area contributed by atoms with E-state index in [1.807, 2.05) is 0 Å². The van der Waals surface area contributed by atoms with Crippen molar-refractivity contribution in [2.45, 2.75) is 57.2 Å². The summed E-state index contributed by atoms with van der Waals surface area (Å²) in [5.41, 5.74) is 1.18. The van der Waals surface area contributed by atoms with Crippen LogP contribution in [0.4, 0.5) is 0 Å². The van der Waals surface area contributed by atoms with Crippen LogP contribution in [0.5, 0.6) is 0 Å². The third-order valence-electron chi connectivity index (χ3n) is 4.64. The summed E-state index contributed by atoms with van der Waals surface area (Å²) in [4.78, 5) is 2.76. The molecule has 3 heterocycles. The third kappa shape index (κ3) is 0.488. The molecule has 0 radical (unpaired) electrons. The van der Waals surface area contributed by atoms with Gasteiger partial charge in [-0.2, -0.15) is 0 Å². The molecular weight excluding hydrogens is 134 g/mol. The minimum absolute atomic E-state index is 0.539. The van der Waals surface area contributed by atoms with Gasteiger partial charge < -0.3 is 0 Å². The molecule has 4 atom stereocenters. The van der Waals surface area contributed by atoms with Gasteiger partial charge in [-0.3, -0.25) is 4.90 Å². The molecular formula is C10H17N. The lowest BCUT2D eigenvalue weighted by Gasteiger charge is -2.41. The van der Waals surface area contributed by atoms with Crippen molar-refractivity contribution in [2.24, 2.45) is 5.92 Å². The molecule has 4 aliphatic rings. The van der Waals surface area contributed by atoms with Gasteiger partial charge in [0.05, 0.1) is 0 Å². The molecule has 0 N–H and O–H groups in total. The van der Waals surface area contributed by atoms with Gasteiger partial charge in [0.25, 0.3) is 0 Å². The Morgan fingerprint density at radius 1 is 1.27 bits per heavy atom. The Balaban J connectivity index is 2.05. The van der Waals surface area contributed by atoms with E-state index in [0.29, 0.717) is 11.1 Å². The molecule has 3 aliphatic heterocycles. The van der Waals surface area contributed by atoms with E-state index in [4.69, 9.17) is 0 Å². The van der Waals surface area contributed by atoms with E-state index in [1.165, 1.54) is 19.3 Å². The number of hydrogen-bond donors (Lipinski definition) is 0. The maximum Gasteiger partial charge on any atom is 0.0346 e. The number of piperidine rings is 2. The molecule has 1 nitrogen and oxygen atoms in total. The summed E-state index contributed by atoms with van der Waals surface area (Å²) >= 11 is 0. The molecule has 0 aromatic carbocycles. The minimum Gasteiger partial charge on any atom is -0.286 e. The van der Waals surface area contributed by atoms with E-state index in [9.17, 15) is 0 Å². The molecule has 0 spiro atoms. The molecule has 3 saturated heterocycles. The Morgan fingerprint density at radius 3 is 2.36 bits per heavy atom. The van der Waals surface area contributed by atoms with Crippen molar-refractivity contribution in [3.8, 4) is 0 Å². The Bertz CT molecular complexity index is 221. The highest BCUT2D eigenvalue weighted by atomic mass is 15.5. The summed E-state index contributed by atoms with van der Waals surface area (Å²) in [6, 6.07) is 0.969. The van der Waals surface area contributed by atoms with Crippen LogP contribution in [0.15, 0.2) is 0 Å². The Labute approximate surface area is 68.8 Å². The average molecular weight is 151 g/mol. The fourth-order valence-corrected chi connectivity index (χ4v) is 3.90. The van der Waals surface area contributed by atoms with Crippen molar-refractivity contribution >= 4 is 0 Å². The Hall–Kier alpha value is -0.0400. The van der Waals surface area contributed by atoms with Crippen LogP contribution in [0, 0.1) is 5.92 Å². The van der Waals surface area contributed by atoms with Gasteiger partial charge in [0, 0.05) is 17.1 Å². The highest BCUT2D eigenvalue weighted by molar-refractivity contribution is 5.28. The van der Waals surface area contributed by atoms with Gasteiger partial charge in [0.15, 0.2) is 0 Å². The van der Waals surface area contributed by atoms with Crippen molar-refractivity contribution < 1.29 is 0 Å². The summed E-state index contributed by atoms with van der Waals surface area (Å²) in [5, 5.41) is 0. The van der Waals surface area contributed by atoms with Gasteiger partial charge in [-0.1, -0.05) is 0 Å². The van der Waals surface area contributed by atoms with E-state index in [0.717, 1.165) is 12.0 Å². The first kappa shape index (κ1) is 6.47. The molecule has 4 fully saturated rings. The molecule has 0 aromatic heterocycles. The molecule has 1 saturated carbocycles. The van der Waals surface area contributed by atoms with Crippen molar-refractivity contribution in [3.63, 3.8) is 0 Å². The van der Waals surface area contributed by atoms with Gasteiger partial charge in [-0.25, -0.2) is 0 Å². The van der Waals surface area contributed by atoms with Gasteiger partial charge in [0.1, 0.15) is 0 Å². The molecule has 1 aliphatic carbocycles. The van der Waals surface area contributed by atoms with Crippen LogP contribution in [0.1, 0.15) is 40.0 Å². The molecule has 11 heavy (non-hydrogen) atoms. The fraction of sp³-hybridized carbons (Fsp3) is 1.00. The van der Waals surface area contributed by atoms with E-state index in [2.05, 4.69) is 25.7 Å². The zero-order valence-corrected chi connectivity index (χ0v) is 7.72. The highest BCUT2D eigenvalue weighted by Gasteiger charge is 2.73.